The normalized spacial score (nSPS) is 10.2. The predicted molar refractivity (Wildman–Crippen MR) is 66.9 cm³/mol. The molecule has 0 aliphatic heterocycles. The number of benzene rings is 1. The van der Waals surface area contributed by atoms with Crippen molar-refractivity contribution in [3.05, 3.63) is 57.9 Å². The van der Waals surface area contributed by atoms with Gasteiger partial charge in [-0.25, -0.2) is 9.97 Å². The van der Waals surface area contributed by atoms with Gasteiger partial charge in [0.15, 0.2) is 0 Å². The fourth-order valence-corrected chi connectivity index (χ4v) is 1.61. The van der Waals surface area contributed by atoms with Gasteiger partial charge in [0.05, 0.1) is 4.92 Å². The average molecular weight is 244 g/mol. The van der Waals surface area contributed by atoms with E-state index in [0.717, 1.165) is 24.1 Å². The first-order valence-corrected chi connectivity index (χ1v) is 5.46. The Bertz CT molecular complexity index is 554. The van der Waals surface area contributed by atoms with Gasteiger partial charge < -0.3 is 5.73 Å². The van der Waals surface area contributed by atoms with Crippen LogP contribution in [0, 0.1) is 10.1 Å². The number of non-ortho nitro benzene ring substituents is 1. The number of anilines is 1. The van der Waals surface area contributed by atoms with Crippen LogP contribution >= 0.6 is 0 Å². The molecule has 0 radical (unpaired) electrons. The highest BCUT2D eigenvalue weighted by atomic mass is 16.6. The first kappa shape index (κ1) is 12.0. The van der Waals surface area contributed by atoms with Gasteiger partial charge in [-0.3, -0.25) is 10.1 Å². The smallest absolute Gasteiger partial charge is 0.269 e. The summed E-state index contributed by atoms with van der Waals surface area (Å²) in [4.78, 5) is 18.0. The molecule has 92 valence electrons. The van der Waals surface area contributed by atoms with Crippen molar-refractivity contribution >= 4 is 11.6 Å². The Hall–Kier alpha value is -2.50. The molecule has 0 spiro atoms. The van der Waals surface area contributed by atoms with Crippen LogP contribution < -0.4 is 5.73 Å². The summed E-state index contributed by atoms with van der Waals surface area (Å²) in [5, 5.41) is 10.5. The Kier molecular flexibility index (Phi) is 3.47. The van der Waals surface area contributed by atoms with Crippen molar-refractivity contribution in [3.63, 3.8) is 0 Å². The first-order chi connectivity index (χ1) is 8.65. The van der Waals surface area contributed by atoms with Crippen molar-refractivity contribution < 1.29 is 4.92 Å². The Morgan fingerprint density at radius 3 is 2.50 bits per heavy atom. The van der Waals surface area contributed by atoms with E-state index in [0.29, 0.717) is 0 Å². The monoisotopic (exact) mass is 244 g/mol. The third-order valence-corrected chi connectivity index (χ3v) is 2.55. The van der Waals surface area contributed by atoms with E-state index in [9.17, 15) is 10.1 Å². The summed E-state index contributed by atoms with van der Waals surface area (Å²) in [5.74, 6) is 0.260. The van der Waals surface area contributed by atoms with E-state index in [1.807, 2.05) is 6.07 Å². The number of aromatic nitrogens is 2. The van der Waals surface area contributed by atoms with E-state index in [2.05, 4.69) is 9.97 Å². The number of aryl methyl sites for hydroxylation is 2. The van der Waals surface area contributed by atoms with Crippen LogP contribution in [0.5, 0.6) is 0 Å². The van der Waals surface area contributed by atoms with Gasteiger partial charge in [0.1, 0.15) is 0 Å². The molecule has 0 fully saturated rings. The highest BCUT2D eigenvalue weighted by molar-refractivity contribution is 5.33. The van der Waals surface area contributed by atoms with Crippen LogP contribution in [-0.4, -0.2) is 14.9 Å². The maximum atomic E-state index is 10.5. The average Bonchev–Trinajstić information content (AvgIpc) is 2.37. The highest BCUT2D eigenvalue weighted by Crippen LogP contribution is 2.13. The lowest BCUT2D eigenvalue weighted by Crippen LogP contribution is -2.00. The fourth-order valence-electron chi connectivity index (χ4n) is 1.61. The zero-order chi connectivity index (χ0) is 13.0. The third kappa shape index (κ3) is 3.00. The van der Waals surface area contributed by atoms with Crippen LogP contribution in [0.25, 0.3) is 0 Å². The van der Waals surface area contributed by atoms with Gasteiger partial charge in [0.25, 0.3) is 5.69 Å². The van der Waals surface area contributed by atoms with Crippen molar-refractivity contribution in [2.45, 2.75) is 12.8 Å². The quantitative estimate of drug-likeness (QED) is 0.653. The highest BCUT2D eigenvalue weighted by Gasteiger charge is 2.04. The zero-order valence-corrected chi connectivity index (χ0v) is 9.61. The van der Waals surface area contributed by atoms with Gasteiger partial charge in [0.2, 0.25) is 5.95 Å². The van der Waals surface area contributed by atoms with E-state index in [4.69, 9.17) is 5.73 Å². The van der Waals surface area contributed by atoms with Crippen LogP contribution in [-0.2, 0) is 12.8 Å². The van der Waals surface area contributed by atoms with E-state index >= 15 is 0 Å². The molecule has 0 aliphatic carbocycles. The van der Waals surface area contributed by atoms with Crippen LogP contribution in [0.15, 0.2) is 36.5 Å². The standard InChI is InChI=1S/C12H12N4O2/c13-12-14-8-7-10(15-12)4-1-9-2-5-11(6-3-9)16(17)18/h2-3,5-8H,1,4H2,(H2,13,14,15). The van der Waals surface area contributed by atoms with Gasteiger partial charge >= 0.3 is 0 Å². The molecule has 0 aliphatic rings. The summed E-state index contributed by atoms with van der Waals surface area (Å²) in [6.45, 7) is 0. The third-order valence-electron chi connectivity index (χ3n) is 2.55. The lowest BCUT2D eigenvalue weighted by atomic mass is 10.1. The Morgan fingerprint density at radius 2 is 1.89 bits per heavy atom. The predicted octanol–water partition coefficient (Wildman–Crippen LogP) is 1.75. The fraction of sp³-hybridized carbons (Fsp3) is 0.167. The van der Waals surface area contributed by atoms with Crippen molar-refractivity contribution in [1.82, 2.24) is 9.97 Å². The molecule has 0 atom stereocenters. The lowest BCUT2D eigenvalue weighted by molar-refractivity contribution is -0.384. The van der Waals surface area contributed by atoms with Crippen molar-refractivity contribution in [3.8, 4) is 0 Å². The van der Waals surface area contributed by atoms with Crippen LogP contribution in [0.2, 0.25) is 0 Å². The summed E-state index contributed by atoms with van der Waals surface area (Å²) < 4.78 is 0. The molecule has 2 rings (SSSR count). The molecule has 2 aromatic rings. The summed E-state index contributed by atoms with van der Waals surface area (Å²) >= 11 is 0. The van der Waals surface area contributed by atoms with Crippen LogP contribution in [0.1, 0.15) is 11.3 Å². The number of nitrogen functional groups attached to an aromatic ring is 1. The van der Waals surface area contributed by atoms with Crippen LogP contribution in [0.3, 0.4) is 0 Å². The summed E-state index contributed by atoms with van der Waals surface area (Å²) in [7, 11) is 0. The number of hydrogen-bond donors (Lipinski definition) is 1. The topological polar surface area (TPSA) is 94.9 Å². The molecule has 18 heavy (non-hydrogen) atoms. The number of nitro groups is 1. The van der Waals surface area contributed by atoms with Gasteiger partial charge in [-0.15, -0.1) is 0 Å². The molecule has 1 aromatic carbocycles. The Morgan fingerprint density at radius 1 is 1.17 bits per heavy atom. The van der Waals surface area contributed by atoms with Crippen molar-refractivity contribution in [1.29, 1.82) is 0 Å². The molecule has 0 unspecified atom stereocenters. The van der Waals surface area contributed by atoms with E-state index in [1.165, 1.54) is 12.1 Å². The minimum Gasteiger partial charge on any atom is -0.368 e. The molecule has 0 saturated heterocycles. The molecule has 2 N–H and O–H groups in total. The van der Waals surface area contributed by atoms with Gasteiger partial charge in [-0.1, -0.05) is 12.1 Å². The summed E-state index contributed by atoms with van der Waals surface area (Å²) in [6.07, 6.45) is 3.10. The first-order valence-electron chi connectivity index (χ1n) is 5.46. The van der Waals surface area contributed by atoms with Crippen molar-refractivity contribution in [2.75, 3.05) is 5.73 Å². The molecule has 6 nitrogen and oxygen atoms in total. The molecule has 0 bridgehead atoms. The summed E-state index contributed by atoms with van der Waals surface area (Å²) in [6, 6.07) is 8.32. The van der Waals surface area contributed by atoms with Crippen LogP contribution in [0.4, 0.5) is 11.6 Å². The second-order valence-electron chi connectivity index (χ2n) is 3.83. The minimum atomic E-state index is -0.408. The zero-order valence-electron chi connectivity index (χ0n) is 9.61. The number of nitrogens with zero attached hydrogens (tertiary/aromatic N) is 3. The number of hydrogen-bond acceptors (Lipinski definition) is 5. The second kappa shape index (κ2) is 5.22. The lowest BCUT2D eigenvalue weighted by Gasteiger charge is -2.01. The largest absolute Gasteiger partial charge is 0.368 e. The molecular formula is C12H12N4O2. The maximum absolute atomic E-state index is 10.5. The maximum Gasteiger partial charge on any atom is 0.269 e. The molecule has 0 saturated carbocycles. The molecule has 0 amide bonds. The Labute approximate surface area is 104 Å². The van der Waals surface area contributed by atoms with E-state index in [1.54, 1.807) is 18.3 Å². The minimum absolute atomic E-state index is 0.102. The molecule has 1 heterocycles. The van der Waals surface area contributed by atoms with E-state index in [-0.39, 0.29) is 11.6 Å². The number of nitro benzene ring substituents is 1. The SMILES string of the molecule is Nc1nccc(CCc2ccc([N+](=O)[O-])cc2)n1. The summed E-state index contributed by atoms with van der Waals surface area (Å²) in [5.41, 5.74) is 7.47. The van der Waals surface area contributed by atoms with Gasteiger partial charge in [-0.2, -0.15) is 0 Å². The van der Waals surface area contributed by atoms with Crippen molar-refractivity contribution in [2.24, 2.45) is 0 Å². The number of nitrogens with two attached hydrogens (primary N) is 1. The number of rotatable bonds is 4. The van der Waals surface area contributed by atoms with Gasteiger partial charge in [0, 0.05) is 24.0 Å². The molecule has 6 heteroatoms. The van der Waals surface area contributed by atoms with E-state index < -0.39 is 4.92 Å². The molecular weight excluding hydrogens is 232 g/mol. The molecule has 1 aromatic heterocycles. The second-order valence-corrected chi connectivity index (χ2v) is 3.83. The van der Waals surface area contributed by atoms with Gasteiger partial charge in [-0.05, 0) is 24.5 Å². The Balaban J connectivity index is 2.00.